The van der Waals surface area contributed by atoms with E-state index in [-0.39, 0.29) is 17.6 Å². The number of halogens is 4. The molecule has 0 spiro atoms. The largest absolute Gasteiger partial charge is 0.406 e. The fraction of sp³-hybridized carbons (Fsp3) is 0.375. The highest BCUT2D eigenvalue weighted by molar-refractivity contribution is 5.82. The van der Waals surface area contributed by atoms with Crippen LogP contribution >= 0.6 is 0 Å². The quantitative estimate of drug-likeness (QED) is 0.422. The van der Waals surface area contributed by atoms with Crippen LogP contribution in [0, 0.1) is 11.7 Å². The van der Waals surface area contributed by atoms with Gasteiger partial charge in [0.1, 0.15) is 12.4 Å². The van der Waals surface area contributed by atoms with E-state index in [4.69, 9.17) is 5.73 Å². The second-order valence-electron chi connectivity index (χ2n) is 8.84. The first-order chi connectivity index (χ1) is 15.7. The summed E-state index contributed by atoms with van der Waals surface area (Å²) in [6, 6.07) is 11.3. The molecule has 2 heterocycles. The molecule has 0 saturated heterocycles. The van der Waals surface area contributed by atoms with Gasteiger partial charge in [0.25, 0.3) is 0 Å². The zero-order valence-electron chi connectivity index (χ0n) is 17.9. The van der Waals surface area contributed by atoms with Gasteiger partial charge in [0.15, 0.2) is 0 Å². The molecule has 2 aromatic heterocycles. The van der Waals surface area contributed by atoms with Gasteiger partial charge in [-0.1, -0.05) is 12.5 Å². The first kappa shape index (κ1) is 21.8. The average Bonchev–Trinajstić information content (AvgIpc) is 3.19. The SMILES string of the molecule is NCc1ccc2c(c1)cc(Cn1c(=O)n(CC(F)(F)F)c3ccc(F)cc31)n2CC1CCC1. The predicted molar refractivity (Wildman–Crippen MR) is 118 cm³/mol. The van der Waals surface area contributed by atoms with Gasteiger partial charge in [-0.05, 0) is 60.7 Å². The first-order valence-corrected chi connectivity index (χ1v) is 11.0. The van der Waals surface area contributed by atoms with Crippen molar-refractivity contribution in [2.45, 2.75) is 51.6 Å². The van der Waals surface area contributed by atoms with E-state index in [0.717, 1.165) is 53.7 Å². The minimum absolute atomic E-state index is 0.0446. The van der Waals surface area contributed by atoms with Crippen LogP contribution in [0.5, 0.6) is 0 Å². The summed E-state index contributed by atoms with van der Waals surface area (Å²) in [6.45, 7) is -0.220. The number of imidazole rings is 1. The van der Waals surface area contributed by atoms with Crippen LogP contribution in [0.3, 0.4) is 0 Å². The van der Waals surface area contributed by atoms with Gasteiger partial charge in [0, 0.05) is 29.7 Å². The third-order valence-electron chi connectivity index (χ3n) is 6.59. The third-order valence-corrected chi connectivity index (χ3v) is 6.59. The molecule has 0 atom stereocenters. The normalized spacial score (nSPS) is 14.9. The minimum Gasteiger partial charge on any atom is -0.343 e. The topological polar surface area (TPSA) is 57.9 Å². The summed E-state index contributed by atoms with van der Waals surface area (Å²) in [5.41, 5.74) is 7.94. The van der Waals surface area contributed by atoms with E-state index < -0.39 is 24.2 Å². The number of hydrogen-bond donors (Lipinski definition) is 1. The van der Waals surface area contributed by atoms with E-state index in [0.29, 0.717) is 17.0 Å². The zero-order valence-corrected chi connectivity index (χ0v) is 17.9. The van der Waals surface area contributed by atoms with Crippen LogP contribution in [-0.4, -0.2) is 19.9 Å². The number of alkyl halides is 3. The molecule has 33 heavy (non-hydrogen) atoms. The molecule has 5 rings (SSSR count). The van der Waals surface area contributed by atoms with Crippen molar-refractivity contribution in [2.24, 2.45) is 11.7 Å². The lowest BCUT2D eigenvalue weighted by molar-refractivity contribution is -0.140. The average molecular weight is 460 g/mol. The third kappa shape index (κ3) is 4.06. The van der Waals surface area contributed by atoms with Gasteiger partial charge in [0.05, 0.1) is 17.6 Å². The maximum Gasteiger partial charge on any atom is 0.406 e. The summed E-state index contributed by atoms with van der Waals surface area (Å²) in [5.74, 6) is -0.0859. The zero-order chi connectivity index (χ0) is 23.3. The number of benzene rings is 2. The standard InChI is InChI=1S/C24H24F4N4O/c25-18-5-7-21-22(10-18)31(23(33)32(21)14-24(26,27)28)13-19-9-17-8-16(11-29)4-6-20(17)30(19)12-15-2-1-3-15/h4-10,15H,1-3,11-14,29H2. The van der Waals surface area contributed by atoms with Crippen LogP contribution in [0.4, 0.5) is 17.6 Å². The van der Waals surface area contributed by atoms with E-state index in [2.05, 4.69) is 4.57 Å². The highest BCUT2D eigenvalue weighted by Crippen LogP contribution is 2.32. The Morgan fingerprint density at radius 2 is 1.70 bits per heavy atom. The van der Waals surface area contributed by atoms with Gasteiger partial charge in [-0.3, -0.25) is 9.13 Å². The molecular formula is C24H24F4N4O. The second-order valence-corrected chi connectivity index (χ2v) is 8.84. The van der Waals surface area contributed by atoms with Crippen molar-refractivity contribution in [2.75, 3.05) is 0 Å². The first-order valence-electron chi connectivity index (χ1n) is 11.0. The second kappa shape index (κ2) is 8.06. The van der Waals surface area contributed by atoms with Crippen LogP contribution in [-0.2, 0) is 26.2 Å². The molecule has 0 radical (unpaired) electrons. The summed E-state index contributed by atoms with van der Waals surface area (Å²) in [7, 11) is 0. The summed E-state index contributed by atoms with van der Waals surface area (Å²) in [5, 5.41) is 0.963. The highest BCUT2D eigenvalue weighted by atomic mass is 19.4. The van der Waals surface area contributed by atoms with Crippen molar-refractivity contribution in [1.82, 2.24) is 13.7 Å². The van der Waals surface area contributed by atoms with Crippen LogP contribution in [0.25, 0.3) is 21.9 Å². The van der Waals surface area contributed by atoms with Gasteiger partial charge in [0.2, 0.25) is 0 Å². The number of nitrogens with two attached hydrogens (primary N) is 1. The lowest BCUT2D eigenvalue weighted by Gasteiger charge is -2.27. The van der Waals surface area contributed by atoms with E-state index in [1.807, 2.05) is 24.3 Å². The van der Waals surface area contributed by atoms with E-state index in [1.54, 1.807) is 0 Å². The van der Waals surface area contributed by atoms with Crippen LogP contribution in [0.2, 0.25) is 0 Å². The maximum absolute atomic E-state index is 14.0. The molecule has 0 aliphatic heterocycles. The minimum atomic E-state index is -4.57. The van der Waals surface area contributed by atoms with Crippen molar-refractivity contribution in [3.8, 4) is 0 Å². The molecule has 0 unspecified atom stereocenters. The highest BCUT2D eigenvalue weighted by Gasteiger charge is 2.31. The smallest absolute Gasteiger partial charge is 0.343 e. The molecule has 0 bridgehead atoms. The Balaban J connectivity index is 1.65. The maximum atomic E-state index is 14.0. The van der Waals surface area contributed by atoms with Crippen LogP contribution in [0.1, 0.15) is 30.5 Å². The van der Waals surface area contributed by atoms with Crippen molar-refractivity contribution < 1.29 is 17.6 Å². The molecule has 2 aromatic carbocycles. The van der Waals surface area contributed by atoms with Gasteiger partial charge >= 0.3 is 11.9 Å². The van der Waals surface area contributed by atoms with Crippen molar-refractivity contribution in [3.63, 3.8) is 0 Å². The lowest BCUT2D eigenvalue weighted by Crippen LogP contribution is -2.30. The molecule has 5 nitrogen and oxygen atoms in total. The molecule has 9 heteroatoms. The molecule has 1 aliphatic rings. The van der Waals surface area contributed by atoms with Gasteiger partial charge in [-0.25, -0.2) is 9.18 Å². The fourth-order valence-electron chi connectivity index (χ4n) is 4.72. The Morgan fingerprint density at radius 1 is 0.939 bits per heavy atom. The van der Waals surface area contributed by atoms with Crippen molar-refractivity contribution in [3.05, 3.63) is 70.0 Å². The number of aromatic nitrogens is 3. The van der Waals surface area contributed by atoms with E-state index in [9.17, 15) is 22.4 Å². The number of rotatable bonds is 6. The molecule has 4 aromatic rings. The summed E-state index contributed by atoms with van der Waals surface area (Å²) < 4.78 is 57.6. The number of fused-ring (bicyclic) bond motifs is 2. The van der Waals surface area contributed by atoms with Gasteiger partial charge < -0.3 is 10.3 Å². The van der Waals surface area contributed by atoms with Crippen molar-refractivity contribution >= 4 is 21.9 Å². The monoisotopic (exact) mass is 460 g/mol. The van der Waals surface area contributed by atoms with Crippen LogP contribution < -0.4 is 11.4 Å². The molecular weight excluding hydrogens is 436 g/mol. The Hall–Kier alpha value is -3.07. The number of hydrogen-bond acceptors (Lipinski definition) is 2. The Morgan fingerprint density at radius 3 is 2.36 bits per heavy atom. The lowest BCUT2D eigenvalue weighted by atomic mass is 9.85. The van der Waals surface area contributed by atoms with Gasteiger partial charge in [-0.2, -0.15) is 13.2 Å². The molecule has 2 N–H and O–H groups in total. The van der Waals surface area contributed by atoms with Gasteiger partial charge in [-0.15, -0.1) is 0 Å². The molecule has 1 saturated carbocycles. The van der Waals surface area contributed by atoms with E-state index in [1.165, 1.54) is 17.1 Å². The van der Waals surface area contributed by atoms with Crippen LogP contribution in [0.15, 0.2) is 47.3 Å². The van der Waals surface area contributed by atoms with Crippen molar-refractivity contribution in [1.29, 1.82) is 0 Å². The molecule has 1 fully saturated rings. The summed E-state index contributed by atoms with van der Waals surface area (Å²) in [6.07, 6.45) is -1.15. The Bertz CT molecular complexity index is 1390. The summed E-state index contributed by atoms with van der Waals surface area (Å²) in [4.78, 5) is 13.1. The van der Waals surface area contributed by atoms with E-state index >= 15 is 0 Å². The fourth-order valence-corrected chi connectivity index (χ4v) is 4.72. The predicted octanol–water partition coefficient (Wildman–Crippen LogP) is 4.77. The summed E-state index contributed by atoms with van der Waals surface area (Å²) >= 11 is 0. The molecule has 174 valence electrons. The Labute approximate surface area is 187 Å². The molecule has 1 aliphatic carbocycles. The Kier molecular flexibility index (Phi) is 5.31. The molecule has 0 amide bonds. The number of nitrogens with zero attached hydrogens (tertiary/aromatic N) is 3.